The standard InChI is InChI=1S/C16H12ClN5O/c1-18-15-12-4-2-10(17)8-13(12)22(16(23)20-15)11-3-5-14-19-6-7-21(14)9-11/h2-9H,1H3,(H,18,20,23). The summed E-state index contributed by atoms with van der Waals surface area (Å²) >= 11 is 6.13. The molecule has 3 heterocycles. The molecule has 7 heteroatoms. The van der Waals surface area contributed by atoms with Crippen LogP contribution in [0.2, 0.25) is 5.02 Å². The lowest BCUT2D eigenvalue weighted by Gasteiger charge is -2.13. The highest BCUT2D eigenvalue weighted by molar-refractivity contribution is 6.31. The molecule has 114 valence electrons. The van der Waals surface area contributed by atoms with Crippen molar-refractivity contribution in [3.8, 4) is 5.69 Å². The minimum absolute atomic E-state index is 0.372. The number of nitrogens with one attached hydrogen (secondary N) is 1. The van der Waals surface area contributed by atoms with Crippen molar-refractivity contribution in [3.05, 3.63) is 64.4 Å². The summed E-state index contributed by atoms with van der Waals surface area (Å²) in [6.45, 7) is 0. The Kier molecular flexibility index (Phi) is 3.06. The predicted molar refractivity (Wildman–Crippen MR) is 90.6 cm³/mol. The number of rotatable bonds is 2. The molecule has 1 aromatic carbocycles. The van der Waals surface area contributed by atoms with Crippen molar-refractivity contribution in [1.29, 1.82) is 0 Å². The van der Waals surface area contributed by atoms with Crippen LogP contribution in [0.3, 0.4) is 0 Å². The largest absolute Gasteiger partial charge is 0.372 e. The number of halogens is 1. The minimum Gasteiger partial charge on any atom is -0.372 e. The Labute approximate surface area is 136 Å². The summed E-state index contributed by atoms with van der Waals surface area (Å²) in [5.41, 5.74) is 1.83. The summed E-state index contributed by atoms with van der Waals surface area (Å²) in [7, 11) is 1.73. The normalized spacial score (nSPS) is 11.2. The van der Waals surface area contributed by atoms with Gasteiger partial charge in [0.25, 0.3) is 0 Å². The summed E-state index contributed by atoms with van der Waals surface area (Å²) < 4.78 is 3.39. The molecular weight excluding hydrogens is 314 g/mol. The molecule has 0 bridgehead atoms. The van der Waals surface area contributed by atoms with Gasteiger partial charge in [-0.3, -0.25) is 4.57 Å². The van der Waals surface area contributed by atoms with E-state index >= 15 is 0 Å². The predicted octanol–water partition coefficient (Wildman–Crippen LogP) is 2.73. The Hall–Kier alpha value is -2.86. The lowest BCUT2D eigenvalue weighted by atomic mass is 10.2. The van der Waals surface area contributed by atoms with Crippen LogP contribution in [0.4, 0.5) is 5.82 Å². The zero-order chi connectivity index (χ0) is 16.0. The number of hydrogen-bond donors (Lipinski definition) is 1. The fourth-order valence-corrected chi connectivity index (χ4v) is 2.85. The van der Waals surface area contributed by atoms with Gasteiger partial charge in [-0.15, -0.1) is 0 Å². The molecule has 0 aliphatic rings. The molecule has 0 saturated carbocycles. The van der Waals surface area contributed by atoms with Crippen LogP contribution in [0.15, 0.2) is 53.7 Å². The average Bonchev–Trinajstić information content (AvgIpc) is 3.01. The van der Waals surface area contributed by atoms with Crippen molar-refractivity contribution in [3.63, 3.8) is 0 Å². The van der Waals surface area contributed by atoms with Crippen molar-refractivity contribution < 1.29 is 0 Å². The smallest absolute Gasteiger partial charge is 0.354 e. The first kappa shape index (κ1) is 13.8. The third-order valence-electron chi connectivity index (χ3n) is 3.72. The van der Waals surface area contributed by atoms with Gasteiger partial charge in [-0.05, 0) is 30.3 Å². The molecule has 0 amide bonds. The van der Waals surface area contributed by atoms with E-state index in [2.05, 4.69) is 15.3 Å². The van der Waals surface area contributed by atoms with Crippen LogP contribution in [0.25, 0.3) is 22.2 Å². The highest BCUT2D eigenvalue weighted by atomic mass is 35.5. The zero-order valence-electron chi connectivity index (χ0n) is 12.2. The Morgan fingerprint density at radius 3 is 2.91 bits per heavy atom. The van der Waals surface area contributed by atoms with Crippen LogP contribution in [0, 0.1) is 0 Å². The number of fused-ring (bicyclic) bond motifs is 2. The van der Waals surface area contributed by atoms with Gasteiger partial charge in [-0.25, -0.2) is 9.78 Å². The Morgan fingerprint density at radius 1 is 1.22 bits per heavy atom. The highest BCUT2D eigenvalue weighted by Gasteiger charge is 2.12. The topological polar surface area (TPSA) is 64.2 Å². The van der Waals surface area contributed by atoms with Gasteiger partial charge in [0.05, 0.1) is 11.2 Å². The molecule has 4 rings (SSSR count). The third kappa shape index (κ3) is 2.15. The Bertz CT molecular complexity index is 1100. The SMILES string of the molecule is CNc1nc(=O)n(-c2ccc3nccn3c2)c2cc(Cl)ccc12. The minimum atomic E-state index is -0.372. The van der Waals surface area contributed by atoms with Crippen LogP contribution in [0.5, 0.6) is 0 Å². The molecule has 3 aromatic heterocycles. The van der Waals surface area contributed by atoms with Crippen LogP contribution >= 0.6 is 11.6 Å². The van der Waals surface area contributed by atoms with Gasteiger partial charge in [0.1, 0.15) is 11.5 Å². The lowest BCUT2D eigenvalue weighted by molar-refractivity contribution is 0.947. The molecular formula is C16H12ClN5O. The molecule has 0 spiro atoms. The molecule has 4 aromatic rings. The van der Waals surface area contributed by atoms with Gasteiger partial charge in [-0.1, -0.05) is 11.6 Å². The van der Waals surface area contributed by atoms with E-state index in [-0.39, 0.29) is 5.69 Å². The van der Waals surface area contributed by atoms with Gasteiger partial charge in [0, 0.05) is 36.0 Å². The van der Waals surface area contributed by atoms with E-state index in [4.69, 9.17) is 11.6 Å². The molecule has 0 unspecified atom stereocenters. The second-order valence-electron chi connectivity index (χ2n) is 5.07. The van der Waals surface area contributed by atoms with Crippen molar-refractivity contribution in [2.24, 2.45) is 0 Å². The average molecular weight is 326 g/mol. The molecule has 0 aliphatic carbocycles. The molecule has 23 heavy (non-hydrogen) atoms. The monoisotopic (exact) mass is 325 g/mol. The van der Waals surface area contributed by atoms with Crippen molar-refractivity contribution in [1.82, 2.24) is 18.9 Å². The van der Waals surface area contributed by atoms with Gasteiger partial charge < -0.3 is 9.72 Å². The molecule has 0 saturated heterocycles. The first-order valence-electron chi connectivity index (χ1n) is 7.00. The summed E-state index contributed by atoms with van der Waals surface area (Å²) in [6.07, 6.45) is 5.37. The van der Waals surface area contributed by atoms with Crippen LogP contribution < -0.4 is 11.0 Å². The van der Waals surface area contributed by atoms with Crippen molar-refractivity contribution in [2.75, 3.05) is 12.4 Å². The van der Waals surface area contributed by atoms with Crippen LogP contribution in [-0.2, 0) is 0 Å². The number of benzene rings is 1. The van der Waals surface area contributed by atoms with Crippen molar-refractivity contribution in [2.45, 2.75) is 0 Å². The number of nitrogens with zero attached hydrogens (tertiary/aromatic N) is 4. The van der Waals surface area contributed by atoms with Gasteiger partial charge in [-0.2, -0.15) is 4.98 Å². The molecule has 0 fully saturated rings. The summed E-state index contributed by atoms with van der Waals surface area (Å²) in [5, 5.41) is 4.33. The number of imidazole rings is 1. The fourth-order valence-electron chi connectivity index (χ4n) is 2.68. The van der Waals surface area contributed by atoms with Crippen molar-refractivity contribution >= 4 is 34.0 Å². The van der Waals surface area contributed by atoms with Gasteiger partial charge in [0.2, 0.25) is 0 Å². The number of pyridine rings is 1. The molecule has 0 aliphatic heterocycles. The van der Waals surface area contributed by atoms with Gasteiger partial charge >= 0.3 is 5.69 Å². The van der Waals surface area contributed by atoms with E-state index in [1.165, 1.54) is 0 Å². The fraction of sp³-hybridized carbons (Fsp3) is 0.0625. The summed E-state index contributed by atoms with van der Waals surface area (Å²) in [4.78, 5) is 20.9. The molecule has 0 radical (unpaired) electrons. The van der Waals surface area contributed by atoms with E-state index in [1.54, 1.807) is 29.9 Å². The van der Waals surface area contributed by atoms with E-state index in [0.29, 0.717) is 22.0 Å². The first-order chi connectivity index (χ1) is 11.2. The number of aromatic nitrogens is 4. The number of hydrogen-bond acceptors (Lipinski definition) is 4. The highest BCUT2D eigenvalue weighted by Crippen LogP contribution is 2.25. The number of anilines is 1. The van der Waals surface area contributed by atoms with E-state index in [9.17, 15) is 4.79 Å². The zero-order valence-corrected chi connectivity index (χ0v) is 12.9. The molecule has 6 nitrogen and oxygen atoms in total. The van der Waals surface area contributed by atoms with Crippen LogP contribution in [0.1, 0.15) is 0 Å². The van der Waals surface area contributed by atoms with Gasteiger partial charge in [0.15, 0.2) is 0 Å². The maximum atomic E-state index is 12.5. The summed E-state index contributed by atoms with van der Waals surface area (Å²) in [5.74, 6) is 0.529. The Morgan fingerprint density at radius 2 is 2.09 bits per heavy atom. The second kappa shape index (κ2) is 5.10. The van der Waals surface area contributed by atoms with E-state index < -0.39 is 0 Å². The Balaban J connectivity index is 2.11. The second-order valence-corrected chi connectivity index (χ2v) is 5.51. The lowest BCUT2D eigenvalue weighted by Crippen LogP contribution is -2.23. The molecule has 0 atom stereocenters. The van der Waals surface area contributed by atoms with E-state index in [1.807, 2.05) is 35.0 Å². The third-order valence-corrected chi connectivity index (χ3v) is 3.96. The first-order valence-corrected chi connectivity index (χ1v) is 7.38. The summed E-state index contributed by atoms with van der Waals surface area (Å²) in [6, 6.07) is 9.08. The maximum absolute atomic E-state index is 12.5. The van der Waals surface area contributed by atoms with Crippen LogP contribution in [-0.4, -0.2) is 26.0 Å². The van der Waals surface area contributed by atoms with E-state index in [0.717, 1.165) is 11.0 Å². The molecule has 1 N–H and O–H groups in total. The quantitative estimate of drug-likeness (QED) is 0.615. The maximum Gasteiger partial charge on any atom is 0.354 e.